The molecular formula is C59H40N2OS. The molecule has 0 bridgehead atoms. The van der Waals surface area contributed by atoms with Crippen molar-refractivity contribution in [3.05, 3.63) is 247 Å². The highest BCUT2D eigenvalue weighted by atomic mass is 32.1. The number of nitrogens with zero attached hydrogens (tertiary/aromatic N) is 1. The lowest BCUT2D eigenvalue weighted by Crippen LogP contribution is -2.19. The molecule has 3 nitrogen and oxygen atoms in total. The zero-order chi connectivity index (χ0) is 41.7. The summed E-state index contributed by atoms with van der Waals surface area (Å²) >= 11 is 1.85. The minimum atomic E-state index is -0.0615. The van der Waals surface area contributed by atoms with Gasteiger partial charge in [-0.25, -0.2) is 0 Å². The van der Waals surface area contributed by atoms with Gasteiger partial charge in [0.05, 0.1) is 6.04 Å². The molecule has 1 atom stereocenters. The van der Waals surface area contributed by atoms with Gasteiger partial charge in [-0.3, -0.25) is 0 Å². The average molecular weight is 825 g/mol. The van der Waals surface area contributed by atoms with Crippen LogP contribution in [0.1, 0.15) is 22.7 Å². The number of hydrogen-bond acceptors (Lipinski definition) is 4. The molecular weight excluding hydrogens is 785 g/mol. The van der Waals surface area contributed by atoms with Crippen LogP contribution < -0.4 is 10.2 Å². The molecule has 1 aliphatic heterocycles. The maximum absolute atomic E-state index is 6.84. The van der Waals surface area contributed by atoms with Gasteiger partial charge >= 0.3 is 0 Å². The maximum Gasteiger partial charge on any atom is 0.136 e. The first-order valence-corrected chi connectivity index (χ1v) is 22.3. The van der Waals surface area contributed by atoms with Crippen molar-refractivity contribution in [2.24, 2.45) is 0 Å². The molecule has 9 aromatic carbocycles. The Hall–Kier alpha value is -7.92. The zero-order valence-corrected chi connectivity index (χ0v) is 35.1. The number of benzene rings is 9. The summed E-state index contributed by atoms with van der Waals surface area (Å²) in [6, 6.07) is 73.8. The van der Waals surface area contributed by atoms with Gasteiger partial charge in [0.1, 0.15) is 11.2 Å². The van der Waals surface area contributed by atoms with Crippen LogP contribution in [0, 0.1) is 0 Å². The lowest BCUT2D eigenvalue weighted by molar-refractivity contribution is 0.669. The fourth-order valence-electron chi connectivity index (χ4n) is 9.38. The number of anilines is 3. The predicted molar refractivity (Wildman–Crippen MR) is 268 cm³/mol. The third kappa shape index (κ3) is 6.60. The molecule has 0 aliphatic carbocycles. The second-order valence-corrected chi connectivity index (χ2v) is 17.2. The number of para-hydroxylation sites is 1. The fourth-order valence-corrected chi connectivity index (χ4v) is 10.5. The van der Waals surface area contributed by atoms with Gasteiger partial charge in [0.2, 0.25) is 0 Å². The van der Waals surface area contributed by atoms with Crippen molar-refractivity contribution >= 4 is 92.6 Å². The molecule has 0 saturated carbocycles. The van der Waals surface area contributed by atoms with E-state index in [1.807, 2.05) is 11.3 Å². The number of allylic oxidation sites excluding steroid dienone is 4. The fraction of sp³-hybridized carbons (Fsp3) is 0.0169. The Labute approximate surface area is 369 Å². The number of thiophene rings is 1. The lowest BCUT2D eigenvalue weighted by atomic mass is 9.92. The van der Waals surface area contributed by atoms with Gasteiger partial charge in [-0.15, -0.1) is 11.3 Å². The van der Waals surface area contributed by atoms with E-state index in [2.05, 4.69) is 241 Å². The molecule has 298 valence electrons. The van der Waals surface area contributed by atoms with Crippen molar-refractivity contribution < 1.29 is 4.42 Å². The monoisotopic (exact) mass is 824 g/mol. The van der Waals surface area contributed by atoms with Crippen LogP contribution in [0.2, 0.25) is 0 Å². The number of furan rings is 1. The largest absolute Gasteiger partial charge is 0.456 e. The highest BCUT2D eigenvalue weighted by Gasteiger charge is 2.22. The molecule has 0 amide bonds. The first kappa shape index (κ1) is 36.9. The summed E-state index contributed by atoms with van der Waals surface area (Å²) in [4.78, 5) is 2.35. The van der Waals surface area contributed by atoms with Crippen molar-refractivity contribution in [3.63, 3.8) is 0 Å². The van der Waals surface area contributed by atoms with E-state index in [1.54, 1.807) is 0 Å². The van der Waals surface area contributed by atoms with Crippen molar-refractivity contribution in [3.8, 4) is 11.1 Å². The van der Waals surface area contributed by atoms with Crippen molar-refractivity contribution in [1.29, 1.82) is 0 Å². The van der Waals surface area contributed by atoms with Gasteiger partial charge in [-0.1, -0.05) is 164 Å². The Balaban J connectivity index is 0.965. The van der Waals surface area contributed by atoms with E-state index in [0.29, 0.717) is 0 Å². The number of rotatable bonds is 7. The van der Waals surface area contributed by atoms with Crippen molar-refractivity contribution in [1.82, 2.24) is 5.32 Å². The molecule has 3 heterocycles. The normalized spacial score (nSPS) is 16.3. The van der Waals surface area contributed by atoms with Crippen LogP contribution in [0.5, 0.6) is 0 Å². The summed E-state index contributed by atoms with van der Waals surface area (Å²) in [6.45, 7) is 0. The minimum Gasteiger partial charge on any atom is -0.456 e. The molecule has 63 heavy (non-hydrogen) atoms. The molecule has 1 N–H and O–H groups in total. The Morgan fingerprint density at radius 3 is 1.94 bits per heavy atom. The van der Waals surface area contributed by atoms with Gasteiger partial charge in [0.25, 0.3) is 0 Å². The van der Waals surface area contributed by atoms with Crippen LogP contribution in [0.25, 0.3) is 75.3 Å². The summed E-state index contributed by atoms with van der Waals surface area (Å²) in [5.41, 5.74) is 13.0. The van der Waals surface area contributed by atoms with Gasteiger partial charge in [0, 0.05) is 59.3 Å². The highest BCUT2D eigenvalue weighted by molar-refractivity contribution is 7.25. The standard InChI is InChI=1S/C59H40N2OS/c1-4-16-39(17-5-1)42-20-14-27-52(60-53(36-42)41-18-6-2-7-19-41)49-26-15-28-54-59(49)58-48-25-11-10-23-46(48)50(38-55(58)62-54)40-30-32-44(33-31-40)61(43-21-8-3-9-22-43)45-34-35-57-51(37-45)47-24-12-13-29-56(47)63-57/h1-38,53,60H/b20-14+,42-36+,52-27+. The summed E-state index contributed by atoms with van der Waals surface area (Å²) in [7, 11) is 0. The SMILES string of the molecule is C1=C/C(c2ccccc2)=C\C(c2ccccc2)N/C(c2cccc3oc4cc(-c5ccc(N(c6ccccc6)c6ccc7sc8ccccc8c7c6)cc5)c5ccccc5c4c23)=C/1. The van der Waals surface area contributed by atoms with Gasteiger partial charge in [-0.2, -0.15) is 0 Å². The Morgan fingerprint density at radius 1 is 0.460 bits per heavy atom. The van der Waals surface area contributed by atoms with Crippen molar-refractivity contribution in [2.45, 2.75) is 6.04 Å². The molecule has 2 aromatic heterocycles. The van der Waals surface area contributed by atoms with Crippen LogP contribution in [0.15, 0.2) is 235 Å². The van der Waals surface area contributed by atoms with Crippen molar-refractivity contribution in [2.75, 3.05) is 4.90 Å². The van der Waals surface area contributed by atoms with E-state index in [0.717, 1.165) is 66.8 Å². The molecule has 12 rings (SSSR count). The highest BCUT2D eigenvalue weighted by Crippen LogP contribution is 2.45. The number of hydrogen-bond donors (Lipinski definition) is 1. The summed E-state index contributed by atoms with van der Waals surface area (Å²) in [6.07, 6.45) is 8.91. The predicted octanol–water partition coefficient (Wildman–Crippen LogP) is 16.6. The van der Waals surface area contributed by atoms with Crippen LogP contribution >= 0.6 is 11.3 Å². The topological polar surface area (TPSA) is 28.4 Å². The van der Waals surface area contributed by atoms with Crippen LogP contribution in [0.3, 0.4) is 0 Å². The first-order valence-electron chi connectivity index (χ1n) is 21.4. The van der Waals surface area contributed by atoms with Gasteiger partial charge in [-0.05, 0) is 105 Å². The van der Waals surface area contributed by atoms with Crippen LogP contribution in [0.4, 0.5) is 17.1 Å². The average Bonchev–Trinajstić information content (AvgIpc) is 3.91. The molecule has 1 aliphatic rings. The van der Waals surface area contributed by atoms with Gasteiger partial charge in [0.15, 0.2) is 0 Å². The van der Waals surface area contributed by atoms with E-state index < -0.39 is 0 Å². The zero-order valence-electron chi connectivity index (χ0n) is 34.3. The molecule has 0 spiro atoms. The van der Waals surface area contributed by atoms with E-state index in [9.17, 15) is 0 Å². The quantitative estimate of drug-likeness (QED) is 0.174. The van der Waals surface area contributed by atoms with E-state index in [1.165, 1.54) is 42.3 Å². The molecule has 11 aromatic rings. The number of nitrogens with one attached hydrogen (secondary N) is 1. The Morgan fingerprint density at radius 2 is 1.13 bits per heavy atom. The molecule has 1 unspecified atom stereocenters. The second-order valence-electron chi connectivity index (χ2n) is 16.1. The molecule has 0 radical (unpaired) electrons. The van der Waals surface area contributed by atoms with Crippen LogP contribution in [-0.4, -0.2) is 0 Å². The Kier molecular flexibility index (Phi) is 9.09. The molecule has 0 saturated heterocycles. The van der Waals surface area contributed by atoms with Crippen LogP contribution in [-0.2, 0) is 0 Å². The maximum atomic E-state index is 6.84. The summed E-state index contributed by atoms with van der Waals surface area (Å²) in [5, 5.41) is 11.1. The van der Waals surface area contributed by atoms with E-state index >= 15 is 0 Å². The lowest BCUT2D eigenvalue weighted by Gasteiger charge is -2.26. The second kappa shape index (κ2) is 15.5. The third-order valence-electron chi connectivity index (χ3n) is 12.3. The smallest absolute Gasteiger partial charge is 0.136 e. The summed E-state index contributed by atoms with van der Waals surface area (Å²) < 4.78 is 9.44. The first-order chi connectivity index (χ1) is 31.2. The van der Waals surface area contributed by atoms with Gasteiger partial charge < -0.3 is 14.6 Å². The Bertz CT molecular complexity index is 3580. The summed E-state index contributed by atoms with van der Waals surface area (Å²) in [5.74, 6) is 0. The van der Waals surface area contributed by atoms with E-state index in [4.69, 9.17) is 4.42 Å². The van der Waals surface area contributed by atoms with E-state index in [-0.39, 0.29) is 6.04 Å². The molecule has 0 fully saturated rings. The minimum absolute atomic E-state index is 0.0615. The molecule has 4 heteroatoms. The third-order valence-corrected chi connectivity index (χ3v) is 13.5. The number of fused-ring (bicyclic) bond motifs is 8.